The van der Waals surface area contributed by atoms with Crippen molar-refractivity contribution in [3.63, 3.8) is 0 Å². The summed E-state index contributed by atoms with van der Waals surface area (Å²) in [5.41, 5.74) is 1.32. The molecule has 1 saturated heterocycles. The maximum atomic E-state index is 13.1. The fourth-order valence-corrected chi connectivity index (χ4v) is 4.31. The number of carbonyl (C=O) groups excluding carboxylic acids is 1. The van der Waals surface area contributed by atoms with Gasteiger partial charge in [-0.1, -0.05) is 0 Å². The molecule has 2 aliphatic rings. The van der Waals surface area contributed by atoms with Gasteiger partial charge in [0.15, 0.2) is 5.82 Å². The van der Waals surface area contributed by atoms with E-state index in [-0.39, 0.29) is 17.9 Å². The molecule has 3 aromatic heterocycles. The molecule has 1 N–H and O–H groups in total. The molecule has 2 fully saturated rings. The molecule has 1 aliphatic carbocycles. The van der Waals surface area contributed by atoms with E-state index < -0.39 is 0 Å². The molecule has 5 rings (SSSR count). The van der Waals surface area contributed by atoms with E-state index in [9.17, 15) is 4.79 Å². The number of hydrogen-bond acceptors (Lipinski definition) is 6. The van der Waals surface area contributed by atoms with Crippen molar-refractivity contribution in [2.24, 2.45) is 7.05 Å². The Morgan fingerprint density at radius 2 is 2.03 bits per heavy atom. The minimum absolute atomic E-state index is 0.0824. The summed E-state index contributed by atoms with van der Waals surface area (Å²) < 4.78 is 15.4. The zero-order valence-corrected chi connectivity index (χ0v) is 18.0. The molecule has 0 radical (unpaired) electrons. The number of aryl methyl sites for hydroxylation is 1. The van der Waals surface area contributed by atoms with Crippen LogP contribution in [0.15, 0.2) is 24.7 Å². The number of aromatic nitrogens is 5. The summed E-state index contributed by atoms with van der Waals surface area (Å²) in [6.07, 6.45) is 12.1. The quantitative estimate of drug-likeness (QED) is 0.675. The molecule has 2 unspecified atom stereocenters. The lowest BCUT2D eigenvalue weighted by Gasteiger charge is -2.25. The van der Waals surface area contributed by atoms with Gasteiger partial charge in [0, 0.05) is 37.6 Å². The predicted octanol–water partition coefficient (Wildman–Crippen LogP) is 3.32. The zero-order valence-electron chi connectivity index (χ0n) is 18.0. The van der Waals surface area contributed by atoms with Gasteiger partial charge in [-0.2, -0.15) is 10.1 Å². The van der Waals surface area contributed by atoms with E-state index in [0.717, 1.165) is 44.2 Å². The van der Waals surface area contributed by atoms with E-state index in [0.29, 0.717) is 35.7 Å². The number of nitrogens with one attached hydrogen (secondary N) is 1. The van der Waals surface area contributed by atoms with E-state index in [1.165, 1.54) is 0 Å². The number of amides is 1. The maximum absolute atomic E-state index is 13.1. The summed E-state index contributed by atoms with van der Waals surface area (Å²) in [5, 5.41) is 7.07. The van der Waals surface area contributed by atoms with Gasteiger partial charge in [0.2, 0.25) is 11.7 Å². The van der Waals surface area contributed by atoms with Gasteiger partial charge >= 0.3 is 0 Å². The third kappa shape index (κ3) is 4.27. The summed E-state index contributed by atoms with van der Waals surface area (Å²) in [6.45, 7) is 2.75. The van der Waals surface area contributed by atoms with Crippen LogP contribution in [0.25, 0.3) is 5.78 Å². The van der Waals surface area contributed by atoms with Gasteiger partial charge in [-0.15, -0.1) is 0 Å². The van der Waals surface area contributed by atoms with E-state index in [2.05, 4.69) is 22.3 Å². The lowest BCUT2D eigenvalue weighted by molar-refractivity contribution is 0.0147. The number of nitrogens with zero attached hydrogens (tertiary/aromatic N) is 5. The predicted molar refractivity (Wildman–Crippen MR) is 114 cm³/mol. The van der Waals surface area contributed by atoms with Gasteiger partial charge < -0.3 is 14.8 Å². The van der Waals surface area contributed by atoms with E-state index in [4.69, 9.17) is 14.5 Å². The van der Waals surface area contributed by atoms with Crippen LogP contribution in [0, 0.1) is 0 Å². The van der Waals surface area contributed by atoms with Crippen LogP contribution in [0.3, 0.4) is 0 Å². The fourth-order valence-electron chi connectivity index (χ4n) is 4.31. The van der Waals surface area contributed by atoms with Gasteiger partial charge in [0.25, 0.3) is 5.91 Å². The lowest BCUT2D eigenvalue weighted by Crippen LogP contribution is -2.22. The Morgan fingerprint density at radius 1 is 1.19 bits per heavy atom. The number of carbonyl (C=O) groups is 1. The van der Waals surface area contributed by atoms with Gasteiger partial charge in [-0.05, 0) is 45.4 Å². The SMILES string of the molecule is CC1CCC(c2cn3cc(C(=O)Nc4ccn(C)n4)c(OC4CCCC4)nc3n2)CO1. The molecule has 1 amide bonds. The van der Waals surface area contributed by atoms with Crippen LogP contribution in [0.5, 0.6) is 5.88 Å². The smallest absolute Gasteiger partial charge is 0.263 e. The first-order valence-corrected chi connectivity index (χ1v) is 11.0. The van der Waals surface area contributed by atoms with Crippen LogP contribution in [-0.2, 0) is 11.8 Å². The molecule has 3 aromatic rings. The van der Waals surface area contributed by atoms with Gasteiger partial charge in [-0.25, -0.2) is 4.98 Å². The van der Waals surface area contributed by atoms with Crippen molar-refractivity contribution in [3.8, 4) is 5.88 Å². The third-order valence-corrected chi connectivity index (χ3v) is 6.13. The monoisotopic (exact) mass is 424 g/mol. The van der Waals surface area contributed by atoms with E-state index >= 15 is 0 Å². The van der Waals surface area contributed by atoms with Gasteiger partial charge in [0.1, 0.15) is 11.7 Å². The number of imidazole rings is 1. The third-order valence-electron chi connectivity index (χ3n) is 6.13. The van der Waals surface area contributed by atoms with Gasteiger partial charge in [-0.3, -0.25) is 13.9 Å². The first-order chi connectivity index (χ1) is 15.0. The minimum atomic E-state index is -0.300. The fraction of sp³-hybridized carbons (Fsp3) is 0.545. The summed E-state index contributed by atoms with van der Waals surface area (Å²) in [4.78, 5) is 22.4. The Labute approximate surface area is 180 Å². The molecular weight excluding hydrogens is 396 g/mol. The normalized spacial score (nSPS) is 22.1. The van der Waals surface area contributed by atoms with Crippen molar-refractivity contribution in [1.29, 1.82) is 0 Å². The molecule has 0 bridgehead atoms. The largest absolute Gasteiger partial charge is 0.474 e. The summed E-state index contributed by atoms with van der Waals surface area (Å²) in [5.74, 6) is 1.29. The molecule has 1 aliphatic heterocycles. The molecule has 4 heterocycles. The van der Waals surface area contributed by atoms with Crippen molar-refractivity contribution >= 4 is 17.5 Å². The highest BCUT2D eigenvalue weighted by Gasteiger charge is 2.26. The summed E-state index contributed by atoms with van der Waals surface area (Å²) >= 11 is 0. The molecule has 0 aromatic carbocycles. The first kappa shape index (κ1) is 20.0. The first-order valence-electron chi connectivity index (χ1n) is 11.0. The number of ether oxygens (including phenoxy) is 2. The Morgan fingerprint density at radius 3 is 2.74 bits per heavy atom. The Hall–Kier alpha value is -2.94. The molecule has 164 valence electrons. The highest BCUT2D eigenvalue weighted by atomic mass is 16.5. The van der Waals surface area contributed by atoms with Crippen molar-refractivity contribution in [1.82, 2.24) is 24.1 Å². The van der Waals surface area contributed by atoms with Crippen LogP contribution in [0.4, 0.5) is 5.82 Å². The highest BCUT2D eigenvalue weighted by molar-refractivity contribution is 6.05. The van der Waals surface area contributed by atoms with Crippen molar-refractivity contribution in [2.75, 3.05) is 11.9 Å². The summed E-state index contributed by atoms with van der Waals surface area (Å²) in [7, 11) is 1.81. The molecular formula is C22H28N6O3. The molecule has 1 saturated carbocycles. The van der Waals surface area contributed by atoms with Crippen LogP contribution in [-0.4, -0.2) is 48.9 Å². The topological polar surface area (TPSA) is 95.6 Å². The Balaban J connectivity index is 1.47. The number of hydrogen-bond donors (Lipinski definition) is 1. The van der Waals surface area contributed by atoms with Crippen LogP contribution in [0.1, 0.15) is 67.4 Å². The van der Waals surface area contributed by atoms with Crippen LogP contribution >= 0.6 is 0 Å². The minimum Gasteiger partial charge on any atom is -0.474 e. The second kappa shape index (κ2) is 8.30. The number of rotatable bonds is 5. The molecule has 9 nitrogen and oxygen atoms in total. The highest BCUT2D eigenvalue weighted by Crippen LogP contribution is 2.30. The molecule has 2 atom stereocenters. The van der Waals surface area contributed by atoms with Crippen molar-refractivity contribution < 1.29 is 14.3 Å². The number of fused-ring (bicyclic) bond motifs is 1. The van der Waals surface area contributed by atoms with Crippen molar-refractivity contribution in [2.45, 2.75) is 63.6 Å². The van der Waals surface area contributed by atoms with Crippen molar-refractivity contribution in [3.05, 3.63) is 35.9 Å². The zero-order chi connectivity index (χ0) is 21.4. The summed E-state index contributed by atoms with van der Waals surface area (Å²) in [6, 6.07) is 1.75. The average Bonchev–Trinajstić information content (AvgIpc) is 3.49. The second-order valence-electron chi connectivity index (χ2n) is 8.60. The van der Waals surface area contributed by atoms with Gasteiger partial charge in [0.05, 0.1) is 18.4 Å². The standard InChI is InChI=1S/C22H28N6O3/c1-14-7-8-15(13-30-14)18-12-28-11-17(20(29)24-19-9-10-27(2)26-19)21(25-22(28)23-18)31-16-5-3-4-6-16/h9-12,14-16H,3-8,13H2,1-2H3,(H,24,26,29). The molecule has 31 heavy (non-hydrogen) atoms. The maximum Gasteiger partial charge on any atom is 0.263 e. The molecule has 0 spiro atoms. The van der Waals surface area contributed by atoms with Crippen LogP contribution < -0.4 is 10.1 Å². The second-order valence-corrected chi connectivity index (χ2v) is 8.60. The van der Waals surface area contributed by atoms with E-state index in [1.807, 2.05) is 10.6 Å². The Bertz CT molecular complexity index is 1080. The number of anilines is 1. The Kier molecular flexibility index (Phi) is 5.35. The van der Waals surface area contributed by atoms with Crippen LogP contribution in [0.2, 0.25) is 0 Å². The average molecular weight is 425 g/mol. The lowest BCUT2D eigenvalue weighted by atomic mass is 9.96. The van der Waals surface area contributed by atoms with E-state index in [1.54, 1.807) is 30.2 Å². The molecule has 9 heteroatoms.